The van der Waals surface area contributed by atoms with Crippen molar-refractivity contribution < 1.29 is 39.6 Å². The molecule has 0 heterocycles. The largest absolute Gasteiger partial charge is 0.446 e. The molecule has 5 nitrogen and oxygen atoms in total. The molecule has 2 N–H and O–H groups in total. The van der Waals surface area contributed by atoms with E-state index in [1.807, 2.05) is 0 Å². The van der Waals surface area contributed by atoms with Gasteiger partial charge in [0.2, 0.25) is 10.0 Å². The van der Waals surface area contributed by atoms with Crippen LogP contribution in [0.4, 0.5) is 32.0 Å². The molecule has 0 saturated heterocycles. The minimum Gasteiger partial charge on any atom is -0.322 e. The molecule has 0 unspecified atom stereocenters. The Bertz CT molecular complexity index is 956. The average molecular weight is 458 g/mol. The van der Waals surface area contributed by atoms with Crippen LogP contribution >= 0.6 is 11.8 Å². The Balaban J connectivity index is 2.03. The molecule has 0 aliphatic rings. The van der Waals surface area contributed by atoms with E-state index in [2.05, 4.69) is 5.32 Å². The summed E-state index contributed by atoms with van der Waals surface area (Å²) in [5.74, 6) is -0.667. The molecule has 2 aromatic carbocycles. The van der Waals surface area contributed by atoms with Crippen LogP contribution in [0.5, 0.6) is 0 Å². The van der Waals surface area contributed by atoms with Crippen molar-refractivity contribution in [3.8, 4) is 0 Å². The number of carbonyl (C=O) groups excluding carboxylic acids is 1. The second-order valence-corrected chi connectivity index (χ2v) is 8.40. The molecule has 2 rings (SSSR count). The van der Waals surface area contributed by atoms with Gasteiger partial charge in [0.1, 0.15) is 6.54 Å². The van der Waals surface area contributed by atoms with Crippen LogP contribution in [-0.2, 0) is 10.0 Å². The Kier molecular flexibility index (Phi) is 6.86. The van der Waals surface area contributed by atoms with Crippen molar-refractivity contribution in [2.45, 2.75) is 21.5 Å². The van der Waals surface area contributed by atoms with Gasteiger partial charge in [-0.3, -0.25) is 4.79 Å². The van der Waals surface area contributed by atoms with E-state index >= 15 is 0 Å². The van der Waals surface area contributed by atoms with E-state index < -0.39 is 39.1 Å². The normalized spacial score (nSPS) is 12.6. The van der Waals surface area contributed by atoms with Crippen LogP contribution in [0.1, 0.15) is 10.4 Å². The lowest BCUT2D eigenvalue weighted by atomic mass is 10.2. The molecule has 13 heteroatoms. The fourth-order valence-corrected chi connectivity index (χ4v) is 3.54. The quantitative estimate of drug-likeness (QED) is 0.497. The number of sulfonamides is 1. The summed E-state index contributed by atoms with van der Waals surface area (Å²) in [5, 5.41) is 2.40. The molecule has 1 amide bonds. The second kappa shape index (κ2) is 8.63. The Labute approximate surface area is 165 Å². The summed E-state index contributed by atoms with van der Waals surface area (Å²) in [6.07, 6.45) is -4.71. The van der Waals surface area contributed by atoms with E-state index in [-0.39, 0.29) is 27.9 Å². The van der Waals surface area contributed by atoms with Crippen molar-refractivity contribution in [1.82, 2.24) is 4.72 Å². The van der Waals surface area contributed by atoms with Gasteiger partial charge in [-0.05, 0) is 60.3 Å². The highest BCUT2D eigenvalue weighted by Gasteiger charge is 2.30. The standard InChI is InChI=1S/C16H12F6N2O3S2/c17-15(18,19)9-23-29(26,27)13-7-3-11(4-8-13)24-14(25)10-1-5-12(6-2-10)28-16(20,21)22/h1-8,23H,9H2,(H,24,25). The summed E-state index contributed by atoms with van der Waals surface area (Å²) in [6.45, 7) is -1.73. The van der Waals surface area contributed by atoms with E-state index in [9.17, 15) is 39.6 Å². The second-order valence-electron chi connectivity index (χ2n) is 5.49. The first-order chi connectivity index (χ1) is 13.3. The summed E-state index contributed by atoms with van der Waals surface area (Å²) < 4.78 is 98.3. The van der Waals surface area contributed by atoms with Crippen LogP contribution in [0.3, 0.4) is 0 Å². The third kappa shape index (κ3) is 7.59. The molecule has 0 aliphatic carbocycles. The zero-order chi connectivity index (χ0) is 21.9. The zero-order valence-corrected chi connectivity index (χ0v) is 15.8. The maximum Gasteiger partial charge on any atom is 0.446 e. The predicted octanol–water partition coefficient (Wildman–Crippen LogP) is 4.39. The van der Waals surface area contributed by atoms with Crippen molar-refractivity contribution in [1.29, 1.82) is 0 Å². The number of hydrogen-bond acceptors (Lipinski definition) is 4. The lowest BCUT2D eigenvalue weighted by molar-refractivity contribution is -0.121. The number of nitrogens with one attached hydrogen (secondary N) is 2. The van der Waals surface area contributed by atoms with Crippen LogP contribution < -0.4 is 10.0 Å². The highest BCUT2D eigenvalue weighted by atomic mass is 32.2. The number of benzene rings is 2. The third-order valence-corrected chi connectivity index (χ3v) is 5.39. The van der Waals surface area contributed by atoms with E-state index in [1.54, 1.807) is 0 Å². The lowest BCUT2D eigenvalue weighted by Crippen LogP contribution is -2.33. The van der Waals surface area contributed by atoms with E-state index in [0.29, 0.717) is 0 Å². The molecular weight excluding hydrogens is 446 g/mol. The lowest BCUT2D eigenvalue weighted by Gasteiger charge is -2.10. The maximum absolute atomic E-state index is 12.3. The van der Waals surface area contributed by atoms with Crippen molar-refractivity contribution in [3.63, 3.8) is 0 Å². The minimum absolute atomic E-state index is 0.0556. The topological polar surface area (TPSA) is 75.3 Å². The number of amides is 1. The van der Waals surface area contributed by atoms with Gasteiger partial charge >= 0.3 is 11.7 Å². The van der Waals surface area contributed by atoms with Crippen LogP contribution in [0.2, 0.25) is 0 Å². The molecule has 0 radical (unpaired) electrons. The minimum atomic E-state index is -4.71. The maximum atomic E-state index is 12.3. The van der Waals surface area contributed by atoms with Crippen molar-refractivity contribution in [3.05, 3.63) is 54.1 Å². The average Bonchev–Trinajstić information content (AvgIpc) is 2.59. The molecule has 0 fully saturated rings. The van der Waals surface area contributed by atoms with Gasteiger partial charge in [0.15, 0.2) is 0 Å². The van der Waals surface area contributed by atoms with Gasteiger partial charge < -0.3 is 5.32 Å². The zero-order valence-electron chi connectivity index (χ0n) is 14.1. The first kappa shape index (κ1) is 23.0. The van der Waals surface area contributed by atoms with Crippen molar-refractivity contribution in [2.24, 2.45) is 0 Å². The number of alkyl halides is 6. The van der Waals surface area contributed by atoms with E-state index in [0.717, 1.165) is 36.4 Å². The fraction of sp³-hybridized carbons (Fsp3) is 0.188. The number of rotatable bonds is 6. The van der Waals surface area contributed by atoms with Gasteiger partial charge in [0.25, 0.3) is 5.91 Å². The molecule has 0 atom stereocenters. The summed E-state index contributed by atoms with van der Waals surface area (Å²) in [5.41, 5.74) is -4.26. The van der Waals surface area contributed by atoms with Gasteiger partial charge in [-0.15, -0.1) is 0 Å². The van der Waals surface area contributed by atoms with Crippen LogP contribution in [0.15, 0.2) is 58.3 Å². The highest BCUT2D eigenvalue weighted by Crippen LogP contribution is 2.36. The monoisotopic (exact) mass is 458 g/mol. The molecule has 0 aliphatic heterocycles. The molecule has 0 aromatic heterocycles. The molecule has 29 heavy (non-hydrogen) atoms. The SMILES string of the molecule is O=C(Nc1ccc(S(=O)(=O)NCC(F)(F)F)cc1)c1ccc(SC(F)(F)F)cc1. The van der Waals surface area contributed by atoms with E-state index in [1.165, 1.54) is 16.9 Å². The summed E-state index contributed by atoms with van der Waals surface area (Å²) in [7, 11) is -4.39. The molecule has 2 aromatic rings. The predicted molar refractivity (Wildman–Crippen MR) is 94.0 cm³/mol. The first-order valence-corrected chi connectivity index (χ1v) is 9.89. The van der Waals surface area contributed by atoms with Crippen molar-refractivity contribution in [2.75, 3.05) is 11.9 Å². The number of hydrogen-bond donors (Lipinski definition) is 2. The van der Waals surface area contributed by atoms with Gasteiger partial charge in [-0.25, -0.2) is 13.1 Å². The van der Waals surface area contributed by atoms with E-state index in [4.69, 9.17) is 0 Å². The van der Waals surface area contributed by atoms with Crippen LogP contribution in [0.25, 0.3) is 0 Å². The number of halogens is 6. The Morgan fingerprint density at radius 2 is 1.45 bits per heavy atom. The Hall–Kier alpha value is -2.25. The third-order valence-electron chi connectivity index (χ3n) is 3.24. The highest BCUT2D eigenvalue weighted by molar-refractivity contribution is 8.00. The summed E-state index contributed by atoms with van der Waals surface area (Å²) in [4.78, 5) is 11.6. The molecule has 158 valence electrons. The van der Waals surface area contributed by atoms with Crippen LogP contribution in [-0.4, -0.2) is 32.6 Å². The first-order valence-electron chi connectivity index (χ1n) is 7.59. The molecule has 0 bridgehead atoms. The van der Waals surface area contributed by atoms with Gasteiger partial charge in [-0.1, -0.05) is 0 Å². The molecule has 0 spiro atoms. The van der Waals surface area contributed by atoms with Gasteiger partial charge in [0.05, 0.1) is 4.90 Å². The molecular formula is C16H12F6N2O3S2. The number of anilines is 1. The summed E-state index contributed by atoms with van der Waals surface area (Å²) >= 11 is -0.331. The smallest absolute Gasteiger partial charge is 0.322 e. The number of carbonyl (C=O) groups is 1. The summed E-state index contributed by atoms with van der Waals surface area (Å²) in [6, 6.07) is 8.92. The van der Waals surface area contributed by atoms with Crippen LogP contribution in [0, 0.1) is 0 Å². The number of thioether (sulfide) groups is 1. The van der Waals surface area contributed by atoms with Gasteiger partial charge in [-0.2, -0.15) is 26.3 Å². The van der Waals surface area contributed by atoms with Gasteiger partial charge in [0, 0.05) is 16.1 Å². The van der Waals surface area contributed by atoms with Crippen molar-refractivity contribution >= 4 is 33.4 Å². The molecule has 0 saturated carbocycles. The Morgan fingerprint density at radius 1 is 0.897 bits per heavy atom. The Morgan fingerprint density at radius 3 is 1.93 bits per heavy atom. The fourth-order valence-electron chi connectivity index (χ4n) is 1.99.